The Morgan fingerprint density at radius 1 is 0.972 bits per heavy atom. The summed E-state index contributed by atoms with van der Waals surface area (Å²) < 4.78 is 16.6. The number of fused-ring (bicyclic) bond motifs is 7. The fourth-order valence-electron chi connectivity index (χ4n) is 6.62. The second kappa shape index (κ2) is 8.43. The number of aromatic hydroxyl groups is 2. The van der Waals surface area contributed by atoms with Gasteiger partial charge in [0.05, 0.1) is 52.1 Å². The molecule has 10 nitrogen and oxygen atoms in total. The summed E-state index contributed by atoms with van der Waals surface area (Å²) in [6, 6.07) is -1.11. The van der Waals surface area contributed by atoms with Crippen LogP contribution in [0.4, 0.5) is 0 Å². The monoisotopic (exact) mass is 500 g/mol. The average Bonchev–Trinajstić information content (AvgIpc) is 2.84. The summed E-state index contributed by atoms with van der Waals surface area (Å²) in [5.41, 5.74) is 2.97. The number of nitrogens with zero attached hydrogens (tertiary/aromatic N) is 2. The van der Waals surface area contributed by atoms with Crippen LogP contribution in [0.25, 0.3) is 0 Å². The van der Waals surface area contributed by atoms with E-state index >= 15 is 0 Å². The van der Waals surface area contributed by atoms with Crippen molar-refractivity contribution in [3.8, 4) is 28.7 Å². The molecule has 10 heteroatoms. The van der Waals surface area contributed by atoms with Crippen molar-refractivity contribution in [3.05, 3.63) is 39.4 Å². The number of carbonyl (C=O) groups excluding carboxylic acids is 1. The molecular weight excluding hydrogens is 468 g/mol. The molecule has 0 spiro atoms. The topological polar surface area (TPSA) is 132 Å². The molecule has 2 aromatic rings. The van der Waals surface area contributed by atoms with E-state index in [4.69, 9.17) is 14.2 Å². The summed E-state index contributed by atoms with van der Waals surface area (Å²) in [7, 11) is 6.14. The molecule has 5 atom stereocenters. The van der Waals surface area contributed by atoms with Crippen LogP contribution in [0.5, 0.6) is 28.7 Å². The lowest BCUT2D eigenvalue weighted by molar-refractivity contribution is -0.168. The molecule has 0 saturated carbocycles. The molecule has 3 aliphatic rings. The first kappa shape index (κ1) is 24.5. The number of phenols is 2. The van der Waals surface area contributed by atoms with Gasteiger partial charge < -0.3 is 39.5 Å². The van der Waals surface area contributed by atoms with Crippen molar-refractivity contribution in [1.29, 1.82) is 0 Å². The molecule has 3 heterocycles. The predicted octanol–water partition coefficient (Wildman–Crippen LogP) is 1.63. The van der Waals surface area contributed by atoms with E-state index in [-0.39, 0.29) is 34.5 Å². The van der Waals surface area contributed by atoms with Crippen LogP contribution in [0.3, 0.4) is 0 Å². The molecule has 3 aliphatic heterocycles. The van der Waals surface area contributed by atoms with Crippen molar-refractivity contribution in [2.75, 3.05) is 35.0 Å². The van der Waals surface area contributed by atoms with Crippen LogP contribution in [-0.4, -0.2) is 83.2 Å². The number of ether oxygens (including phenoxy) is 3. The smallest absolute Gasteiger partial charge is 0.241 e. The van der Waals surface area contributed by atoms with E-state index in [0.29, 0.717) is 28.9 Å². The minimum absolute atomic E-state index is 0.0386. The number of aryl methyl sites for hydroxylation is 1. The highest BCUT2D eigenvalue weighted by Gasteiger charge is 2.58. The lowest BCUT2D eigenvalue weighted by Crippen LogP contribution is -2.67. The van der Waals surface area contributed by atoms with Crippen molar-refractivity contribution < 1.29 is 39.4 Å². The van der Waals surface area contributed by atoms with Crippen LogP contribution in [-0.2, 0) is 11.2 Å². The number of hydrogen-bond acceptors (Lipinski definition) is 9. The Bertz CT molecular complexity index is 1260. The number of aliphatic hydroxyl groups excluding tert-OH is 2. The first-order chi connectivity index (χ1) is 17.1. The van der Waals surface area contributed by atoms with Crippen molar-refractivity contribution >= 4 is 5.91 Å². The molecular formula is C26H32N2O8. The molecule has 1 amide bonds. The average molecular weight is 501 g/mol. The van der Waals surface area contributed by atoms with E-state index < -0.39 is 36.9 Å². The third kappa shape index (κ3) is 2.92. The lowest BCUT2D eigenvalue weighted by Gasteiger charge is -2.58. The number of rotatable bonds is 4. The second-order valence-electron chi connectivity index (χ2n) is 9.73. The Labute approximate surface area is 209 Å². The number of piperazine rings is 1. The number of benzene rings is 2. The Morgan fingerprint density at radius 3 is 2.19 bits per heavy atom. The van der Waals surface area contributed by atoms with Crippen molar-refractivity contribution in [3.63, 3.8) is 0 Å². The van der Waals surface area contributed by atoms with Gasteiger partial charge >= 0.3 is 0 Å². The summed E-state index contributed by atoms with van der Waals surface area (Å²) in [6.45, 7) is 3.01. The van der Waals surface area contributed by atoms with E-state index in [2.05, 4.69) is 0 Å². The maximum Gasteiger partial charge on any atom is 0.241 e. The fraction of sp³-hybridized carbons (Fsp3) is 0.500. The zero-order chi connectivity index (χ0) is 26.2. The molecule has 4 N–H and O–H groups in total. The Morgan fingerprint density at radius 2 is 1.61 bits per heavy atom. The summed E-state index contributed by atoms with van der Waals surface area (Å²) in [6.07, 6.45) is -1.000. The number of methoxy groups -OCH3 is 3. The minimum atomic E-state index is -1.35. The third-order valence-corrected chi connectivity index (χ3v) is 8.15. The van der Waals surface area contributed by atoms with E-state index in [1.807, 2.05) is 17.9 Å². The van der Waals surface area contributed by atoms with Gasteiger partial charge in [0.1, 0.15) is 11.9 Å². The quantitative estimate of drug-likeness (QED) is 0.495. The largest absolute Gasteiger partial charge is 0.507 e. The summed E-state index contributed by atoms with van der Waals surface area (Å²) in [5.74, 6) is 0.357. The van der Waals surface area contributed by atoms with Gasteiger partial charge in [-0.1, -0.05) is 6.07 Å². The molecule has 0 aliphatic carbocycles. The summed E-state index contributed by atoms with van der Waals surface area (Å²) in [5, 5.41) is 44.9. The number of carbonyl (C=O) groups is 1. The first-order valence-corrected chi connectivity index (χ1v) is 11.8. The van der Waals surface area contributed by atoms with Gasteiger partial charge in [-0.15, -0.1) is 0 Å². The molecule has 2 aromatic carbocycles. The van der Waals surface area contributed by atoms with Gasteiger partial charge in [0.25, 0.3) is 0 Å². The Kier molecular flexibility index (Phi) is 5.73. The van der Waals surface area contributed by atoms with Gasteiger partial charge in [0.15, 0.2) is 23.0 Å². The highest BCUT2D eigenvalue weighted by molar-refractivity contribution is 5.86. The molecule has 194 valence electrons. The van der Waals surface area contributed by atoms with E-state index in [1.165, 1.54) is 26.2 Å². The van der Waals surface area contributed by atoms with Crippen molar-refractivity contribution in [2.24, 2.45) is 0 Å². The van der Waals surface area contributed by atoms with Gasteiger partial charge in [0.2, 0.25) is 5.91 Å². The number of likely N-dealkylation sites (N-methyl/N-ethyl adjacent to an activating group) is 1. The Balaban J connectivity index is 1.82. The van der Waals surface area contributed by atoms with Crippen LogP contribution in [0.2, 0.25) is 0 Å². The zero-order valence-electron chi connectivity index (χ0n) is 21.2. The second-order valence-corrected chi connectivity index (χ2v) is 9.73. The number of phenolic OH excluding ortho intramolecular Hbond substituents is 2. The predicted molar refractivity (Wildman–Crippen MR) is 129 cm³/mol. The maximum absolute atomic E-state index is 14.0. The van der Waals surface area contributed by atoms with Crippen LogP contribution in [0.1, 0.15) is 51.6 Å². The normalized spacial score (nSPS) is 26.7. The summed E-state index contributed by atoms with van der Waals surface area (Å²) in [4.78, 5) is 17.3. The minimum Gasteiger partial charge on any atom is -0.507 e. The molecule has 0 aromatic heterocycles. The van der Waals surface area contributed by atoms with E-state index in [1.54, 1.807) is 14.0 Å². The summed E-state index contributed by atoms with van der Waals surface area (Å²) >= 11 is 0. The van der Waals surface area contributed by atoms with Gasteiger partial charge in [-0.05, 0) is 38.4 Å². The molecule has 36 heavy (non-hydrogen) atoms. The van der Waals surface area contributed by atoms with Crippen molar-refractivity contribution in [1.82, 2.24) is 9.80 Å². The molecule has 1 fully saturated rings. The SMILES string of the molecule is COc1c(C)cc2c(c1O)[C@@H]1[C@H]3C(O)c4c(O)c(C)c(OC)c(OC)c4[C@H](CO)N3C(=O)[C@H](C2)N1C. The fourth-order valence-corrected chi connectivity index (χ4v) is 6.62. The van der Waals surface area contributed by atoms with Gasteiger partial charge in [0, 0.05) is 22.3 Å². The lowest BCUT2D eigenvalue weighted by atomic mass is 9.72. The molecule has 1 saturated heterocycles. The van der Waals surface area contributed by atoms with Crippen LogP contribution in [0, 0.1) is 13.8 Å². The standard InChI is InChI=1S/C26H32N2O8/c1-10-7-12-8-13-26(33)28-14(9-29)16-17(20(30)11(2)24(35-5)25(16)36-6)21(31)19(28)18(27(13)3)15(12)22(32)23(10)34-4/h7,13-14,18-19,21,29-32H,8-9H2,1-6H3/t13-,14-,18+,19-,21?/m0/s1. The number of aliphatic hydroxyl groups is 2. The first-order valence-electron chi connectivity index (χ1n) is 11.8. The third-order valence-electron chi connectivity index (χ3n) is 8.15. The zero-order valence-corrected chi connectivity index (χ0v) is 21.2. The molecule has 0 radical (unpaired) electrons. The maximum atomic E-state index is 14.0. The van der Waals surface area contributed by atoms with E-state index in [0.717, 1.165) is 11.1 Å². The molecule has 5 rings (SSSR count). The number of hydrogen-bond donors (Lipinski definition) is 4. The molecule has 1 unspecified atom stereocenters. The molecule has 2 bridgehead atoms. The highest BCUT2D eigenvalue weighted by Crippen LogP contribution is 2.59. The van der Waals surface area contributed by atoms with Crippen LogP contribution in [0.15, 0.2) is 6.07 Å². The highest BCUT2D eigenvalue weighted by atomic mass is 16.5. The van der Waals surface area contributed by atoms with Crippen LogP contribution >= 0.6 is 0 Å². The Hall–Kier alpha value is -3.21. The van der Waals surface area contributed by atoms with Crippen LogP contribution < -0.4 is 14.2 Å². The van der Waals surface area contributed by atoms with Gasteiger partial charge in [-0.25, -0.2) is 0 Å². The number of amides is 1. The van der Waals surface area contributed by atoms with Crippen molar-refractivity contribution in [2.45, 2.75) is 50.5 Å². The van der Waals surface area contributed by atoms with Gasteiger partial charge in [-0.2, -0.15) is 0 Å². The van der Waals surface area contributed by atoms with Gasteiger partial charge in [-0.3, -0.25) is 9.69 Å². The van der Waals surface area contributed by atoms with E-state index in [9.17, 15) is 25.2 Å².